The summed E-state index contributed by atoms with van der Waals surface area (Å²) in [5.74, 6) is 0. The molecular formula is C49H46N2. The van der Waals surface area contributed by atoms with E-state index in [0.717, 1.165) is 50.7 Å². The summed E-state index contributed by atoms with van der Waals surface area (Å²) in [4.78, 5) is 2.30. The summed E-state index contributed by atoms with van der Waals surface area (Å²) in [5, 5.41) is 3.52. The van der Waals surface area contributed by atoms with Crippen LogP contribution in [0.1, 0.15) is 26.3 Å². The Bertz CT molecular complexity index is 2000. The minimum Gasteiger partial charge on any atom is -0.356 e. The summed E-state index contributed by atoms with van der Waals surface area (Å²) in [6.45, 7) is 18.3. The fraction of sp³-hybridized carbons (Fsp3) is 0.0612. The van der Waals surface area contributed by atoms with E-state index < -0.39 is 0 Å². The average Bonchev–Trinajstić information content (AvgIpc) is 3.18. The van der Waals surface area contributed by atoms with Crippen LogP contribution in [0.2, 0.25) is 0 Å². The Morgan fingerprint density at radius 1 is 0.549 bits per heavy atom. The van der Waals surface area contributed by atoms with Gasteiger partial charge >= 0.3 is 0 Å². The van der Waals surface area contributed by atoms with Gasteiger partial charge in [0.2, 0.25) is 0 Å². The maximum atomic E-state index is 4.39. The molecule has 0 bridgehead atoms. The van der Waals surface area contributed by atoms with Crippen molar-refractivity contribution in [2.24, 2.45) is 0 Å². The quantitative estimate of drug-likeness (QED) is 0.119. The van der Waals surface area contributed by atoms with Gasteiger partial charge in [0.05, 0.1) is 0 Å². The largest absolute Gasteiger partial charge is 0.356 e. The minimum atomic E-state index is 0.919. The first-order valence-electron chi connectivity index (χ1n) is 17.2. The SMILES string of the molecule is C=C\C=C/C(=C/C(=C\C)NC(/C=C\C(=C)c1ccc(N(c2ccc(-c3ccccc3)cc2)c2ccc(-c3ccccc3)cc2)cc1)=C/C)C(=C)C. The molecule has 0 heterocycles. The molecule has 0 saturated carbocycles. The number of nitrogens with zero attached hydrogens (tertiary/aromatic N) is 1. The van der Waals surface area contributed by atoms with Crippen LogP contribution in [0.4, 0.5) is 17.1 Å². The van der Waals surface area contributed by atoms with Crippen LogP contribution in [0.5, 0.6) is 0 Å². The summed E-state index contributed by atoms with van der Waals surface area (Å²) in [7, 11) is 0. The number of benzene rings is 5. The summed E-state index contributed by atoms with van der Waals surface area (Å²) in [5.41, 5.74) is 13.9. The molecular weight excluding hydrogens is 617 g/mol. The lowest BCUT2D eigenvalue weighted by Crippen LogP contribution is -2.10. The molecule has 0 aliphatic rings. The highest BCUT2D eigenvalue weighted by atomic mass is 15.1. The normalized spacial score (nSPS) is 12.3. The van der Waals surface area contributed by atoms with Crippen LogP contribution in [-0.2, 0) is 0 Å². The Labute approximate surface area is 304 Å². The van der Waals surface area contributed by atoms with Gasteiger partial charge in [0.25, 0.3) is 0 Å². The van der Waals surface area contributed by atoms with Gasteiger partial charge in [-0.25, -0.2) is 0 Å². The van der Waals surface area contributed by atoms with E-state index in [9.17, 15) is 0 Å². The van der Waals surface area contributed by atoms with Gasteiger partial charge in [0, 0.05) is 28.5 Å². The van der Waals surface area contributed by atoms with Crippen LogP contribution in [0.15, 0.2) is 224 Å². The number of hydrogen-bond acceptors (Lipinski definition) is 2. The van der Waals surface area contributed by atoms with Crippen LogP contribution in [0.3, 0.4) is 0 Å². The van der Waals surface area contributed by atoms with Gasteiger partial charge < -0.3 is 10.2 Å². The van der Waals surface area contributed by atoms with Crippen LogP contribution >= 0.6 is 0 Å². The molecule has 2 nitrogen and oxygen atoms in total. The van der Waals surface area contributed by atoms with Crippen LogP contribution in [0, 0.1) is 0 Å². The first kappa shape index (κ1) is 35.9. The molecule has 0 amide bonds. The highest BCUT2D eigenvalue weighted by Gasteiger charge is 2.14. The second-order valence-corrected chi connectivity index (χ2v) is 12.2. The smallest absolute Gasteiger partial charge is 0.0462 e. The minimum absolute atomic E-state index is 0.919. The molecule has 1 N–H and O–H groups in total. The molecule has 0 saturated heterocycles. The van der Waals surface area contributed by atoms with Gasteiger partial charge in [-0.2, -0.15) is 0 Å². The second-order valence-electron chi connectivity index (χ2n) is 12.2. The topological polar surface area (TPSA) is 15.3 Å². The zero-order valence-corrected chi connectivity index (χ0v) is 29.9. The molecule has 5 aromatic carbocycles. The number of anilines is 3. The summed E-state index contributed by atoms with van der Waals surface area (Å²) < 4.78 is 0. The van der Waals surface area contributed by atoms with E-state index in [1.54, 1.807) is 6.08 Å². The third-order valence-electron chi connectivity index (χ3n) is 8.55. The summed E-state index contributed by atoms with van der Waals surface area (Å²) >= 11 is 0. The summed E-state index contributed by atoms with van der Waals surface area (Å²) in [6.07, 6.45) is 16.0. The van der Waals surface area contributed by atoms with Crippen molar-refractivity contribution in [3.63, 3.8) is 0 Å². The molecule has 0 aromatic heterocycles. The third-order valence-corrected chi connectivity index (χ3v) is 8.55. The van der Waals surface area contributed by atoms with E-state index in [-0.39, 0.29) is 0 Å². The van der Waals surface area contributed by atoms with Crippen molar-refractivity contribution in [2.45, 2.75) is 20.8 Å². The Kier molecular flexibility index (Phi) is 12.6. The van der Waals surface area contributed by atoms with Crippen LogP contribution in [-0.4, -0.2) is 0 Å². The zero-order chi connectivity index (χ0) is 36.0. The first-order valence-corrected chi connectivity index (χ1v) is 17.2. The predicted octanol–water partition coefficient (Wildman–Crippen LogP) is 13.7. The van der Waals surface area contributed by atoms with Gasteiger partial charge in [0.15, 0.2) is 0 Å². The lowest BCUT2D eigenvalue weighted by molar-refractivity contribution is 1.03. The lowest BCUT2D eigenvalue weighted by Gasteiger charge is -2.26. The van der Waals surface area contributed by atoms with Crippen molar-refractivity contribution in [3.8, 4) is 22.3 Å². The summed E-state index contributed by atoms with van der Waals surface area (Å²) in [6, 6.07) is 47.1. The molecule has 0 spiro atoms. The maximum absolute atomic E-state index is 4.39. The van der Waals surface area contributed by atoms with Gasteiger partial charge in [-0.15, -0.1) is 0 Å². The van der Waals surface area contributed by atoms with Crippen molar-refractivity contribution < 1.29 is 0 Å². The van der Waals surface area contributed by atoms with E-state index in [0.29, 0.717) is 0 Å². The highest BCUT2D eigenvalue weighted by Crippen LogP contribution is 2.37. The van der Waals surface area contributed by atoms with Crippen molar-refractivity contribution >= 4 is 22.6 Å². The molecule has 0 fully saturated rings. The Balaban J connectivity index is 1.39. The van der Waals surface area contributed by atoms with Gasteiger partial charge in [0.1, 0.15) is 0 Å². The number of nitrogens with one attached hydrogen (secondary N) is 1. The van der Waals surface area contributed by atoms with Crippen LogP contribution in [0.25, 0.3) is 27.8 Å². The van der Waals surface area contributed by atoms with E-state index >= 15 is 0 Å². The van der Waals surface area contributed by atoms with Crippen molar-refractivity contribution in [1.82, 2.24) is 5.32 Å². The van der Waals surface area contributed by atoms with E-state index in [1.807, 2.05) is 63.3 Å². The molecule has 51 heavy (non-hydrogen) atoms. The number of hydrogen-bond donors (Lipinski definition) is 1. The average molecular weight is 663 g/mol. The fourth-order valence-electron chi connectivity index (χ4n) is 5.65. The Morgan fingerprint density at radius 2 is 1.00 bits per heavy atom. The lowest BCUT2D eigenvalue weighted by atomic mass is 10.0. The van der Waals surface area contributed by atoms with Gasteiger partial charge in [-0.05, 0) is 108 Å². The molecule has 5 aromatic rings. The van der Waals surface area contributed by atoms with Gasteiger partial charge in [-0.3, -0.25) is 0 Å². The Morgan fingerprint density at radius 3 is 1.43 bits per heavy atom. The van der Waals surface area contributed by atoms with E-state index in [4.69, 9.17) is 0 Å². The molecule has 0 aliphatic carbocycles. The number of allylic oxidation sites excluding steroid dienone is 11. The monoisotopic (exact) mass is 662 g/mol. The molecule has 0 radical (unpaired) electrons. The highest BCUT2D eigenvalue weighted by molar-refractivity contribution is 5.81. The molecule has 0 aliphatic heterocycles. The first-order chi connectivity index (χ1) is 24.9. The standard InChI is InChI=1S/C49H46N2/c1-7-10-17-44(37(4)5)36-46(9-3)50-45(8-2)29-22-38(6)39-23-30-47(31-24-39)51(48-32-25-42(26-33-48)40-18-13-11-14-19-40)49-34-27-43(28-35-49)41-20-15-12-16-21-41/h7-36,50H,1,4,6H2,2-3,5H3/b17-10-,29-22-,44-36-,45-8+,46-9+. The molecule has 2 heteroatoms. The van der Waals surface area contributed by atoms with Crippen molar-refractivity contribution in [1.29, 1.82) is 0 Å². The Hall–Kier alpha value is -6.38. The van der Waals surface area contributed by atoms with Crippen molar-refractivity contribution in [3.05, 3.63) is 230 Å². The van der Waals surface area contributed by atoms with Gasteiger partial charge in [-0.1, -0.05) is 159 Å². The molecule has 0 atom stereocenters. The van der Waals surface area contributed by atoms with Crippen molar-refractivity contribution in [2.75, 3.05) is 4.90 Å². The van der Waals surface area contributed by atoms with Crippen LogP contribution < -0.4 is 10.2 Å². The maximum Gasteiger partial charge on any atom is 0.0462 e. The third kappa shape index (κ3) is 9.62. The molecule has 5 rings (SSSR count). The predicted molar refractivity (Wildman–Crippen MR) is 223 cm³/mol. The van der Waals surface area contributed by atoms with E-state index in [2.05, 4.69) is 163 Å². The zero-order valence-electron chi connectivity index (χ0n) is 29.9. The van der Waals surface area contributed by atoms with E-state index in [1.165, 1.54) is 22.3 Å². The second kappa shape index (κ2) is 17.9. The molecule has 0 unspecified atom stereocenters. The molecule has 252 valence electrons. The number of rotatable bonds is 14. The fourth-order valence-corrected chi connectivity index (χ4v) is 5.65.